The predicted octanol–water partition coefficient (Wildman–Crippen LogP) is 3.28. The molecule has 4 aliphatic rings. The average molecular weight is 437 g/mol. The molecule has 3 heterocycles. The highest BCUT2D eigenvalue weighted by atomic mass is 32.2. The summed E-state index contributed by atoms with van der Waals surface area (Å²) in [5.74, 6) is 1.54. The largest absolute Gasteiger partial charge is 0.492 e. The number of para-hydroxylation sites is 1. The smallest absolute Gasteiger partial charge is 0.214 e. The number of piperidine rings is 1. The number of fused-ring (bicyclic) bond motifs is 5. The summed E-state index contributed by atoms with van der Waals surface area (Å²) in [5.41, 5.74) is 1.33. The first-order valence-electron chi connectivity index (χ1n) is 11.5. The fourth-order valence-corrected chi connectivity index (χ4v) is 6.08. The molecule has 5 rings (SSSR count). The zero-order valence-corrected chi connectivity index (χ0v) is 19.1. The molecule has 2 fully saturated rings. The summed E-state index contributed by atoms with van der Waals surface area (Å²) in [6.07, 6.45) is 6.42. The van der Waals surface area contributed by atoms with Crippen molar-refractivity contribution in [3.8, 4) is 5.75 Å². The SMILES string of the molecule is CC(C)S(=O)(=O)N[C@H]1CCCN2CCOc3ccccc3C3CCC(CC3)OCC12. The number of hydrogen-bond acceptors (Lipinski definition) is 5. The predicted molar refractivity (Wildman–Crippen MR) is 118 cm³/mol. The van der Waals surface area contributed by atoms with Crippen molar-refractivity contribution in [1.29, 1.82) is 0 Å². The minimum atomic E-state index is -3.32. The molecule has 30 heavy (non-hydrogen) atoms. The molecular weight excluding hydrogens is 400 g/mol. The Bertz CT molecular complexity index is 805. The van der Waals surface area contributed by atoms with Crippen LogP contribution in [-0.2, 0) is 14.8 Å². The Morgan fingerprint density at radius 2 is 1.83 bits per heavy atom. The lowest BCUT2D eigenvalue weighted by atomic mass is 9.82. The van der Waals surface area contributed by atoms with Crippen molar-refractivity contribution in [2.45, 2.75) is 81.7 Å². The molecule has 2 bridgehead atoms. The van der Waals surface area contributed by atoms with Crippen LogP contribution in [0.1, 0.15) is 63.9 Å². The zero-order valence-electron chi connectivity index (χ0n) is 18.3. The van der Waals surface area contributed by atoms with Crippen molar-refractivity contribution < 1.29 is 17.9 Å². The van der Waals surface area contributed by atoms with Crippen molar-refractivity contribution >= 4 is 10.0 Å². The van der Waals surface area contributed by atoms with E-state index >= 15 is 0 Å². The van der Waals surface area contributed by atoms with Gasteiger partial charge in [-0.1, -0.05) is 18.2 Å². The van der Waals surface area contributed by atoms with Gasteiger partial charge in [0.1, 0.15) is 12.4 Å². The van der Waals surface area contributed by atoms with Crippen LogP contribution in [0.15, 0.2) is 24.3 Å². The lowest BCUT2D eigenvalue weighted by Gasteiger charge is -2.42. The molecule has 0 radical (unpaired) electrons. The fraction of sp³-hybridized carbons (Fsp3) is 0.739. The van der Waals surface area contributed by atoms with Crippen LogP contribution in [0, 0.1) is 0 Å². The van der Waals surface area contributed by atoms with Gasteiger partial charge in [0.25, 0.3) is 0 Å². The molecule has 168 valence electrons. The van der Waals surface area contributed by atoms with E-state index in [-0.39, 0.29) is 18.2 Å². The first-order valence-corrected chi connectivity index (χ1v) is 13.1. The summed E-state index contributed by atoms with van der Waals surface area (Å²) in [7, 11) is -3.32. The number of ether oxygens (including phenoxy) is 2. The van der Waals surface area contributed by atoms with E-state index in [4.69, 9.17) is 9.47 Å². The molecule has 0 spiro atoms. The van der Waals surface area contributed by atoms with E-state index in [1.807, 2.05) is 6.07 Å². The molecule has 2 atom stereocenters. The maximum Gasteiger partial charge on any atom is 0.214 e. The molecule has 0 amide bonds. The van der Waals surface area contributed by atoms with E-state index in [2.05, 4.69) is 27.8 Å². The van der Waals surface area contributed by atoms with Gasteiger partial charge in [-0.15, -0.1) is 0 Å². The summed E-state index contributed by atoms with van der Waals surface area (Å²) in [4.78, 5) is 2.37. The van der Waals surface area contributed by atoms with Crippen LogP contribution >= 0.6 is 0 Å². The normalized spacial score (nSPS) is 31.0. The van der Waals surface area contributed by atoms with E-state index in [0.29, 0.717) is 19.1 Å². The molecule has 0 aromatic heterocycles. The van der Waals surface area contributed by atoms with Crippen LogP contribution in [0.5, 0.6) is 5.75 Å². The van der Waals surface area contributed by atoms with Crippen LogP contribution in [0.4, 0.5) is 0 Å². The number of nitrogens with one attached hydrogen (secondary N) is 1. The second-order valence-electron chi connectivity index (χ2n) is 9.26. The Labute approximate surface area is 181 Å². The van der Waals surface area contributed by atoms with Crippen molar-refractivity contribution in [2.24, 2.45) is 0 Å². The standard InChI is InChI=1S/C23H36N2O4S/c1-17(2)30(26,27)24-21-7-5-13-25-14-15-28-23-8-4-3-6-20(23)18-9-11-19(12-10-18)29-16-22(21)25/h3-4,6,8,17-19,21-22,24H,5,7,9-16H2,1-2H3/t18?,19?,21-,22?/m0/s1. The molecule has 1 aliphatic carbocycles. The van der Waals surface area contributed by atoms with E-state index in [0.717, 1.165) is 57.4 Å². The van der Waals surface area contributed by atoms with Gasteiger partial charge in [-0.05, 0) is 76.5 Å². The summed E-state index contributed by atoms with van der Waals surface area (Å²) >= 11 is 0. The van der Waals surface area contributed by atoms with Crippen LogP contribution in [0.2, 0.25) is 0 Å². The third kappa shape index (κ3) is 5.01. The second kappa shape index (κ2) is 9.55. The Kier molecular flexibility index (Phi) is 7.02. The van der Waals surface area contributed by atoms with Gasteiger partial charge in [-0.25, -0.2) is 13.1 Å². The highest BCUT2D eigenvalue weighted by molar-refractivity contribution is 7.90. The van der Waals surface area contributed by atoms with E-state index < -0.39 is 15.3 Å². The van der Waals surface area contributed by atoms with Crippen LogP contribution in [0.3, 0.4) is 0 Å². The highest BCUT2D eigenvalue weighted by Gasteiger charge is 2.36. The van der Waals surface area contributed by atoms with Crippen molar-refractivity contribution in [1.82, 2.24) is 9.62 Å². The monoisotopic (exact) mass is 436 g/mol. The van der Waals surface area contributed by atoms with Gasteiger partial charge in [0.2, 0.25) is 10.0 Å². The molecule has 7 heteroatoms. The topological polar surface area (TPSA) is 67.9 Å². The summed E-state index contributed by atoms with van der Waals surface area (Å²) < 4.78 is 40.8. The third-order valence-corrected chi connectivity index (χ3v) is 8.87. The molecular formula is C23H36N2O4S. The fourth-order valence-electron chi connectivity index (χ4n) is 5.11. The van der Waals surface area contributed by atoms with Gasteiger partial charge < -0.3 is 9.47 Å². The molecule has 3 aliphatic heterocycles. The van der Waals surface area contributed by atoms with Crippen LogP contribution < -0.4 is 9.46 Å². The number of hydrogen-bond donors (Lipinski definition) is 1. The van der Waals surface area contributed by atoms with Gasteiger partial charge >= 0.3 is 0 Å². The van der Waals surface area contributed by atoms with Crippen molar-refractivity contribution in [3.05, 3.63) is 29.8 Å². The van der Waals surface area contributed by atoms with Gasteiger partial charge in [0.15, 0.2) is 0 Å². The van der Waals surface area contributed by atoms with Crippen LogP contribution in [0.25, 0.3) is 0 Å². The first-order chi connectivity index (χ1) is 14.4. The Balaban J connectivity index is 1.54. The number of benzene rings is 1. The number of sulfonamides is 1. The maximum atomic E-state index is 12.6. The maximum absolute atomic E-state index is 12.6. The Hall–Kier alpha value is -1.15. The van der Waals surface area contributed by atoms with Gasteiger partial charge in [-0.2, -0.15) is 0 Å². The molecule has 1 saturated carbocycles. The van der Waals surface area contributed by atoms with Gasteiger partial charge in [-0.3, -0.25) is 4.90 Å². The first kappa shape index (κ1) is 22.1. The summed E-state index contributed by atoms with van der Waals surface area (Å²) in [5, 5.41) is -0.432. The quantitative estimate of drug-likeness (QED) is 0.788. The molecule has 1 unspecified atom stereocenters. The lowest BCUT2D eigenvalue weighted by molar-refractivity contribution is -0.0284. The van der Waals surface area contributed by atoms with E-state index in [1.165, 1.54) is 5.56 Å². The van der Waals surface area contributed by atoms with Crippen molar-refractivity contribution in [2.75, 3.05) is 26.3 Å². The molecule has 6 nitrogen and oxygen atoms in total. The average Bonchev–Trinajstić information content (AvgIpc) is 2.75. The molecule has 1 saturated heterocycles. The van der Waals surface area contributed by atoms with Gasteiger partial charge in [0, 0.05) is 18.6 Å². The van der Waals surface area contributed by atoms with Crippen molar-refractivity contribution in [3.63, 3.8) is 0 Å². The highest BCUT2D eigenvalue weighted by Crippen LogP contribution is 2.38. The second-order valence-corrected chi connectivity index (χ2v) is 11.5. The summed E-state index contributed by atoms with van der Waals surface area (Å²) in [6.45, 7) is 6.37. The number of nitrogens with zero attached hydrogens (tertiary/aromatic N) is 1. The molecule has 1 N–H and O–H groups in total. The minimum absolute atomic E-state index is 0.0459. The number of rotatable bonds is 3. The minimum Gasteiger partial charge on any atom is -0.492 e. The molecule has 1 aromatic carbocycles. The Morgan fingerprint density at radius 3 is 2.60 bits per heavy atom. The Morgan fingerprint density at radius 1 is 1.07 bits per heavy atom. The van der Waals surface area contributed by atoms with E-state index in [9.17, 15) is 8.42 Å². The zero-order chi connectivity index (χ0) is 21.1. The molecule has 1 aromatic rings. The summed E-state index contributed by atoms with van der Waals surface area (Å²) in [6, 6.07) is 8.39. The van der Waals surface area contributed by atoms with Crippen LogP contribution in [-0.4, -0.2) is 63.1 Å². The van der Waals surface area contributed by atoms with Gasteiger partial charge in [0.05, 0.1) is 18.0 Å². The third-order valence-electron chi connectivity index (χ3n) is 7.00. The van der Waals surface area contributed by atoms with E-state index in [1.54, 1.807) is 13.8 Å². The lowest BCUT2D eigenvalue weighted by Crippen LogP contribution is -2.58.